The maximum atomic E-state index is 4.87. The predicted molar refractivity (Wildman–Crippen MR) is 205 cm³/mol. The summed E-state index contributed by atoms with van der Waals surface area (Å²) in [5.41, 5.74) is 12.7. The second-order valence-corrected chi connectivity index (χ2v) is 12.5. The number of pyridine rings is 1. The van der Waals surface area contributed by atoms with Gasteiger partial charge in [0, 0.05) is 23.9 Å². The molecule has 0 radical (unpaired) electrons. The molecule has 0 unspecified atom stereocenters. The van der Waals surface area contributed by atoms with E-state index in [0.717, 1.165) is 40.2 Å². The normalized spacial score (nSPS) is 11.4. The van der Waals surface area contributed by atoms with Gasteiger partial charge in [-0.2, -0.15) is 0 Å². The second kappa shape index (κ2) is 12.0. The van der Waals surface area contributed by atoms with Crippen molar-refractivity contribution in [3.63, 3.8) is 0 Å². The Morgan fingerprint density at radius 3 is 1.45 bits per heavy atom. The molecule has 7 aromatic carbocycles. The molecule has 0 N–H and O–H groups in total. The van der Waals surface area contributed by atoms with E-state index in [1.54, 1.807) is 0 Å². The fourth-order valence-electron chi connectivity index (χ4n) is 7.33. The molecule has 3 heteroatoms. The number of hydrogen-bond acceptors (Lipinski definition) is 2. The van der Waals surface area contributed by atoms with Gasteiger partial charge < -0.3 is 0 Å². The summed E-state index contributed by atoms with van der Waals surface area (Å²) in [6.07, 6.45) is 2.72. The number of imidazole rings is 1. The summed E-state index contributed by atoms with van der Waals surface area (Å²) >= 11 is 0. The molecule has 0 amide bonds. The molecule has 0 aliphatic heterocycles. The van der Waals surface area contributed by atoms with E-state index in [2.05, 4.69) is 168 Å². The van der Waals surface area contributed by atoms with E-state index in [4.69, 9.17) is 4.98 Å². The minimum absolute atomic E-state index is 0.875. The zero-order valence-corrected chi connectivity index (χ0v) is 27.2. The molecule has 2 aromatic heterocycles. The van der Waals surface area contributed by atoms with Crippen LogP contribution < -0.4 is 0 Å². The Hall–Kier alpha value is -6.32. The zero-order chi connectivity index (χ0) is 32.7. The number of fused-ring (bicyclic) bond motifs is 3. The summed E-state index contributed by atoms with van der Waals surface area (Å²) in [7, 11) is 0. The van der Waals surface area contributed by atoms with E-state index in [0.29, 0.717) is 0 Å². The third kappa shape index (κ3) is 4.99. The molecule has 0 saturated carbocycles. The summed E-state index contributed by atoms with van der Waals surface area (Å²) in [5, 5.41) is 5.00. The lowest BCUT2D eigenvalue weighted by Crippen LogP contribution is -1.99. The third-order valence-corrected chi connectivity index (χ3v) is 9.64. The molecular weight excluding hydrogens is 595 g/mol. The van der Waals surface area contributed by atoms with Crippen LogP contribution in [0, 0.1) is 0 Å². The molecule has 3 nitrogen and oxygen atoms in total. The molecule has 49 heavy (non-hydrogen) atoms. The smallest absolute Gasteiger partial charge is 0.114 e. The van der Waals surface area contributed by atoms with Crippen molar-refractivity contribution in [2.45, 2.75) is 13.3 Å². The van der Waals surface area contributed by atoms with Crippen molar-refractivity contribution in [1.82, 2.24) is 14.5 Å². The van der Waals surface area contributed by atoms with Crippen LogP contribution in [0.2, 0.25) is 0 Å². The Balaban J connectivity index is 1.11. The standard InChI is InChI=1S/C46H33N3/c1-2-44-48-42-16-7-8-17-43(42)49(44)36-28-26-32(27-29-36)31-18-22-34(23-19-31)45-37-11-3-5-13-39(37)46(40-14-6-4-12-38(40)45)35-24-20-33(21-25-35)41-15-9-10-30-47-41/h3-30H,2H2,1H3. The lowest BCUT2D eigenvalue weighted by atomic mass is 9.85. The SMILES string of the molecule is CCc1nc2ccccc2n1-c1ccc(-c2ccc(-c3c4ccccc4c(-c4ccc(-c5ccccn5)cc4)c4ccccc34)cc2)cc1. The van der Waals surface area contributed by atoms with Crippen LogP contribution in [0.25, 0.3) is 82.9 Å². The summed E-state index contributed by atoms with van der Waals surface area (Å²) in [6.45, 7) is 2.16. The van der Waals surface area contributed by atoms with Gasteiger partial charge in [0.15, 0.2) is 0 Å². The number of benzene rings is 7. The highest BCUT2D eigenvalue weighted by Crippen LogP contribution is 2.44. The van der Waals surface area contributed by atoms with Crippen LogP contribution in [0.1, 0.15) is 12.7 Å². The first kappa shape index (κ1) is 28.9. The van der Waals surface area contributed by atoms with Crippen molar-refractivity contribution >= 4 is 32.6 Å². The van der Waals surface area contributed by atoms with Crippen LogP contribution in [0.4, 0.5) is 0 Å². The average molecular weight is 628 g/mol. The van der Waals surface area contributed by atoms with Gasteiger partial charge in [-0.25, -0.2) is 4.98 Å². The van der Waals surface area contributed by atoms with Crippen molar-refractivity contribution < 1.29 is 0 Å². The van der Waals surface area contributed by atoms with E-state index >= 15 is 0 Å². The van der Waals surface area contributed by atoms with Crippen molar-refractivity contribution in [2.24, 2.45) is 0 Å². The second-order valence-electron chi connectivity index (χ2n) is 12.5. The van der Waals surface area contributed by atoms with Gasteiger partial charge >= 0.3 is 0 Å². The first-order chi connectivity index (χ1) is 24.3. The van der Waals surface area contributed by atoms with E-state index in [1.807, 2.05) is 18.3 Å². The molecule has 0 spiro atoms. The zero-order valence-electron chi connectivity index (χ0n) is 27.2. The maximum absolute atomic E-state index is 4.87. The Morgan fingerprint density at radius 1 is 0.449 bits per heavy atom. The number of para-hydroxylation sites is 2. The lowest BCUT2D eigenvalue weighted by molar-refractivity contribution is 0.908. The van der Waals surface area contributed by atoms with Gasteiger partial charge in [0.25, 0.3) is 0 Å². The Bertz CT molecular complexity index is 2540. The number of hydrogen-bond donors (Lipinski definition) is 0. The molecule has 0 atom stereocenters. The Morgan fingerprint density at radius 2 is 0.918 bits per heavy atom. The van der Waals surface area contributed by atoms with Crippen LogP contribution in [0.5, 0.6) is 0 Å². The molecule has 232 valence electrons. The van der Waals surface area contributed by atoms with Gasteiger partial charge in [-0.15, -0.1) is 0 Å². The Kier molecular flexibility index (Phi) is 7.09. The fourth-order valence-corrected chi connectivity index (χ4v) is 7.33. The minimum Gasteiger partial charge on any atom is -0.296 e. The number of aromatic nitrogens is 3. The highest BCUT2D eigenvalue weighted by atomic mass is 15.1. The molecule has 0 saturated heterocycles. The van der Waals surface area contributed by atoms with Crippen LogP contribution >= 0.6 is 0 Å². The van der Waals surface area contributed by atoms with Crippen molar-refractivity contribution in [2.75, 3.05) is 0 Å². The fraction of sp³-hybridized carbons (Fsp3) is 0.0435. The van der Waals surface area contributed by atoms with Gasteiger partial charge in [0.2, 0.25) is 0 Å². The van der Waals surface area contributed by atoms with Crippen LogP contribution in [-0.4, -0.2) is 14.5 Å². The topological polar surface area (TPSA) is 30.7 Å². The van der Waals surface area contributed by atoms with Crippen molar-refractivity contribution in [3.05, 3.63) is 176 Å². The lowest BCUT2D eigenvalue weighted by Gasteiger charge is -2.18. The molecule has 0 bridgehead atoms. The van der Waals surface area contributed by atoms with Crippen LogP contribution in [0.15, 0.2) is 170 Å². The maximum Gasteiger partial charge on any atom is 0.114 e. The Labute approximate surface area is 285 Å². The van der Waals surface area contributed by atoms with E-state index in [9.17, 15) is 0 Å². The first-order valence-electron chi connectivity index (χ1n) is 16.9. The van der Waals surface area contributed by atoms with Crippen LogP contribution in [0.3, 0.4) is 0 Å². The third-order valence-electron chi connectivity index (χ3n) is 9.64. The first-order valence-corrected chi connectivity index (χ1v) is 16.9. The van der Waals surface area contributed by atoms with Gasteiger partial charge in [-0.05, 0) is 91.3 Å². The summed E-state index contributed by atoms with van der Waals surface area (Å²) in [6, 6.07) is 58.8. The van der Waals surface area contributed by atoms with Crippen molar-refractivity contribution in [3.8, 4) is 50.3 Å². The summed E-state index contributed by atoms with van der Waals surface area (Å²) in [4.78, 5) is 9.42. The monoisotopic (exact) mass is 627 g/mol. The number of rotatable bonds is 6. The molecule has 2 heterocycles. The highest BCUT2D eigenvalue weighted by Gasteiger charge is 2.17. The number of nitrogens with zero attached hydrogens (tertiary/aromatic N) is 3. The van der Waals surface area contributed by atoms with Gasteiger partial charge in [0.1, 0.15) is 5.82 Å². The van der Waals surface area contributed by atoms with E-state index < -0.39 is 0 Å². The molecule has 9 aromatic rings. The minimum atomic E-state index is 0.875. The summed E-state index contributed by atoms with van der Waals surface area (Å²) in [5.74, 6) is 1.07. The predicted octanol–water partition coefficient (Wildman–Crippen LogP) is 12.0. The van der Waals surface area contributed by atoms with Crippen LogP contribution in [-0.2, 0) is 6.42 Å². The summed E-state index contributed by atoms with van der Waals surface area (Å²) < 4.78 is 2.27. The molecule has 0 aliphatic rings. The van der Waals surface area contributed by atoms with Gasteiger partial charge in [-0.3, -0.25) is 9.55 Å². The van der Waals surface area contributed by atoms with Crippen molar-refractivity contribution in [1.29, 1.82) is 0 Å². The average Bonchev–Trinajstić information content (AvgIpc) is 3.56. The van der Waals surface area contributed by atoms with E-state index in [1.165, 1.54) is 54.9 Å². The largest absolute Gasteiger partial charge is 0.296 e. The van der Waals surface area contributed by atoms with E-state index in [-0.39, 0.29) is 0 Å². The van der Waals surface area contributed by atoms with Gasteiger partial charge in [0.05, 0.1) is 16.7 Å². The molecular formula is C46H33N3. The highest BCUT2D eigenvalue weighted by molar-refractivity contribution is 6.21. The molecule has 0 fully saturated rings. The quantitative estimate of drug-likeness (QED) is 0.172. The molecule has 0 aliphatic carbocycles. The van der Waals surface area contributed by atoms with Gasteiger partial charge in [-0.1, -0.05) is 134 Å². The number of aryl methyl sites for hydroxylation is 1. The molecule has 9 rings (SSSR count).